The molecular formula is C6H4F2N2O3S. The maximum absolute atomic E-state index is 12.6. The average Bonchev–Trinajstić information content (AvgIpc) is 2.17. The second-order valence-electron chi connectivity index (χ2n) is 2.12. The summed E-state index contributed by atoms with van der Waals surface area (Å²) in [4.78, 5) is 16.6. The fourth-order valence-corrected chi connectivity index (χ4v) is 1.28. The van der Waals surface area contributed by atoms with Crippen molar-refractivity contribution in [2.45, 2.75) is 10.4 Å². The third kappa shape index (κ3) is 1.90. The van der Waals surface area contributed by atoms with Crippen LogP contribution in [0.15, 0.2) is 23.6 Å². The number of carboxylic acids is 1. The van der Waals surface area contributed by atoms with Gasteiger partial charge in [0.1, 0.15) is 0 Å². The maximum atomic E-state index is 12.6. The lowest BCUT2D eigenvalue weighted by atomic mass is 10.7. The van der Waals surface area contributed by atoms with Gasteiger partial charge in [-0.05, 0) is 6.07 Å². The molecular weight excluding hydrogens is 218 g/mol. The zero-order valence-electron chi connectivity index (χ0n) is 6.55. The molecule has 0 aliphatic heterocycles. The van der Waals surface area contributed by atoms with Gasteiger partial charge in [-0.15, -0.1) is 0 Å². The number of aliphatic carboxylic acids is 1. The van der Waals surface area contributed by atoms with Crippen molar-refractivity contribution in [3.8, 4) is 0 Å². The predicted octanol–water partition coefficient (Wildman–Crippen LogP) is 0.262. The number of carboxylic acid groups (broad SMARTS) is 1. The number of nitrogens with zero attached hydrogens (tertiary/aromatic N) is 2. The minimum Gasteiger partial charge on any atom is -0.476 e. The van der Waals surface area contributed by atoms with E-state index in [9.17, 15) is 17.8 Å². The van der Waals surface area contributed by atoms with Crippen LogP contribution in [-0.4, -0.2) is 30.5 Å². The number of carbonyl (C=O) groups is 1. The first kappa shape index (κ1) is 10.6. The van der Waals surface area contributed by atoms with Gasteiger partial charge in [-0.1, -0.05) is 0 Å². The zero-order chi connectivity index (χ0) is 10.8. The summed E-state index contributed by atoms with van der Waals surface area (Å²) in [6, 6.07) is 1.33. The maximum Gasteiger partial charge on any atom is 0.422 e. The van der Waals surface area contributed by atoms with Crippen LogP contribution in [0.3, 0.4) is 0 Å². The summed E-state index contributed by atoms with van der Waals surface area (Å²) in [6.07, 6.45) is 2.19. The van der Waals surface area contributed by atoms with E-state index in [1.807, 2.05) is 0 Å². The first-order valence-corrected chi connectivity index (χ1v) is 4.41. The molecule has 1 unspecified atom stereocenters. The number of rotatable bonds is 3. The lowest BCUT2D eigenvalue weighted by Gasteiger charge is -2.08. The second-order valence-corrected chi connectivity index (χ2v) is 3.54. The second kappa shape index (κ2) is 3.74. The summed E-state index contributed by atoms with van der Waals surface area (Å²) in [5.41, 5.74) is 0. The largest absolute Gasteiger partial charge is 0.476 e. The fraction of sp³-hybridized carbons (Fsp3) is 0.167. The van der Waals surface area contributed by atoms with Gasteiger partial charge in [0, 0.05) is 12.4 Å². The van der Waals surface area contributed by atoms with Crippen molar-refractivity contribution < 1.29 is 22.9 Å². The normalized spacial score (nSPS) is 13.6. The molecule has 1 aromatic rings. The number of alkyl halides is 2. The van der Waals surface area contributed by atoms with Crippen LogP contribution in [0.4, 0.5) is 8.78 Å². The van der Waals surface area contributed by atoms with Gasteiger partial charge in [-0.2, -0.15) is 8.78 Å². The Morgan fingerprint density at radius 1 is 1.43 bits per heavy atom. The number of hydrogen-bond donors (Lipinski definition) is 1. The molecule has 1 N–H and O–H groups in total. The van der Waals surface area contributed by atoms with E-state index in [4.69, 9.17) is 5.11 Å². The molecule has 0 fully saturated rings. The van der Waals surface area contributed by atoms with E-state index in [-0.39, 0.29) is 0 Å². The third-order valence-electron chi connectivity index (χ3n) is 1.19. The lowest BCUT2D eigenvalue weighted by molar-refractivity contribution is -0.153. The van der Waals surface area contributed by atoms with Crippen LogP contribution >= 0.6 is 0 Å². The van der Waals surface area contributed by atoms with Crippen molar-refractivity contribution in [1.82, 2.24) is 9.97 Å². The molecule has 1 rings (SSSR count). The molecule has 5 nitrogen and oxygen atoms in total. The van der Waals surface area contributed by atoms with Crippen LogP contribution < -0.4 is 0 Å². The molecule has 0 aromatic carbocycles. The van der Waals surface area contributed by atoms with Gasteiger partial charge < -0.3 is 5.11 Å². The van der Waals surface area contributed by atoms with Crippen molar-refractivity contribution in [2.24, 2.45) is 0 Å². The van der Waals surface area contributed by atoms with Gasteiger partial charge in [0.15, 0.2) is 10.8 Å². The Labute approximate surface area is 79.3 Å². The van der Waals surface area contributed by atoms with E-state index in [1.54, 1.807) is 0 Å². The molecule has 0 saturated carbocycles. The third-order valence-corrected chi connectivity index (χ3v) is 2.37. The molecule has 0 bridgehead atoms. The van der Waals surface area contributed by atoms with Crippen molar-refractivity contribution in [3.63, 3.8) is 0 Å². The highest BCUT2D eigenvalue weighted by atomic mass is 32.2. The van der Waals surface area contributed by atoms with E-state index in [0.29, 0.717) is 0 Å². The van der Waals surface area contributed by atoms with Crippen LogP contribution in [0.1, 0.15) is 0 Å². The Kier molecular flexibility index (Phi) is 2.84. The van der Waals surface area contributed by atoms with Crippen LogP contribution in [0, 0.1) is 0 Å². The molecule has 0 saturated heterocycles. The highest BCUT2D eigenvalue weighted by Gasteiger charge is 2.48. The number of halogens is 2. The molecule has 0 amide bonds. The topological polar surface area (TPSA) is 80.1 Å². The Hall–Kier alpha value is -1.44. The zero-order valence-corrected chi connectivity index (χ0v) is 7.37. The molecule has 0 aliphatic rings. The van der Waals surface area contributed by atoms with Crippen molar-refractivity contribution in [3.05, 3.63) is 18.5 Å². The Morgan fingerprint density at radius 3 is 2.36 bits per heavy atom. The first-order valence-electron chi connectivity index (χ1n) is 3.26. The monoisotopic (exact) mass is 222 g/mol. The first-order chi connectivity index (χ1) is 6.46. The molecule has 1 aromatic heterocycles. The lowest BCUT2D eigenvalue weighted by Crippen LogP contribution is -2.34. The Morgan fingerprint density at radius 2 is 1.93 bits per heavy atom. The molecule has 1 atom stereocenters. The van der Waals surface area contributed by atoms with E-state index >= 15 is 0 Å². The fourth-order valence-electron chi connectivity index (χ4n) is 0.575. The van der Waals surface area contributed by atoms with Gasteiger partial charge in [-0.3, -0.25) is 0 Å². The molecule has 1 heterocycles. The molecule has 0 radical (unpaired) electrons. The van der Waals surface area contributed by atoms with E-state index < -0.39 is 27.2 Å². The van der Waals surface area contributed by atoms with E-state index in [0.717, 1.165) is 12.4 Å². The summed E-state index contributed by atoms with van der Waals surface area (Å²) in [6.45, 7) is 0. The molecule has 0 aliphatic carbocycles. The summed E-state index contributed by atoms with van der Waals surface area (Å²) < 4.78 is 36.3. The Bertz CT molecular complexity index is 371. The van der Waals surface area contributed by atoms with Crippen LogP contribution in [0.25, 0.3) is 0 Å². The molecule has 76 valence electrons. The summed E-state index contributed by atoms with van der Waals surface area (Å²) >= 11 is 0. The van der Waals surface area contributed by atoms with Crippen molar-refractivity contribution in [2.75, 3.05) is 0 Å². The van der Waals surface area contributed by atoms with Crippen molar-refractivity contribution >= 4 is 16.8 Å². The quantitative estimate of drug-likeness (QED) is 0.742. The standard InChI is InChI=1S/C6H4F2N2O3S/c7-6(8,4(11)12)14(13)5-9-2-1-3-10-5/h1-3H,(H,11,12). The van der Waals surface area contributed by atoms with E-state index in [2.05, 4.69) is 9.97 Å². The van der Waals surface area contributed by atoms with Crippen LogP contribution in [-0.2, 0) is 15.6 Å². The van der Waals surface area contributed by atoms with Gasteiger partial charge in [0.25, 0.3) is 0 Å². The molecule has 0 spiro atoms. The minimum absolute atomic E-state index is 0.708. The summed E-state index contributed by atoms with van der Waals surface area (Å²) in [7, 11) is -3.08. The van der Waals surface area contributed by atoms with E-state index in [1.165, 1.54) is 6.07 Å². The SMILES string of the molecule is O=C(O)C(F)(F)S(=O)c1ncccn1. The number of aromatic nitrogens is 2. The van der Waals surface area contributed by atoms with Crippen molar-refractivity contribution in [1.29, 1.82) is 0 Å². The van der Waals surface area contributed by atoms with Gasteiger partial charge in [0.05, 0.1) is 0 Å². The smallest absolute Gasteiger partial charge is 0.422 e. The average molecular weight is 222 g/mol. The highest BCUT2D eigenvalue weighted by molar-refractivity contribution is 7.86. The highest BCUT2D eigenvalue weighted by Crippen LogP contribution is 2.22. The van der Waals surface area contributed by atoms with Crippen LogP contribution in [0.2, 0.25) is 0 Å². The molecule has 14 heavy (non-hydrogen) atoms. The summed E-state index contributed by atoms with van der Waals surface area (Å²) in [5.74, 6) is -2.47. The minimum atomic E-state index is -4.37. The van der Waals surface area contributed by atoms with Gasteiger partial charge in [0.2, 0.25) is 5.16 Å². The van der Waals surface area contributed by atoms with Gasteiger partial charge in [-0.25, -0.2) is 19.0 Å². The number of hydrogen-bond acceptors (Lipinski definition) is 4. The molecule has 8 heteroatoms. The van der Waals surface area contributed by atoms with Gasteiger partial charge >= 0.3 is 11.2 Å². The Balaban J connectivity index is 3.03. The summed E-state index contributed by atoms with van der Waals surface area (Å²) in [5, 5.41) is 2.99. The predicted molar refractivity (Wildman–Crippen MR) is 41.0 cm³/mol. The van der Waals surface area contributed by atoms with Crippen LogP contribution in [0.5, 0.6) is 0 Å².